The Morgan fingerprint density at radius 3 is 2.28 bits per heavy atom. The third-order valence-electron chi connectivity index (χ3n) is 6.68. The van der Waals surface area contributed by atoms with Gasteiger partial charge < -0.3 is 15.0 Å². The maximum Gasteiger partial charge on any atom is 0.244 e. The molecule has 0 bridgehead atoms. The highest BCUT2D eigenvalue weighted by Gasteiger charge is 2.31. The van der Waals surface area contributed by atoms with Crippen molar-refractivity contribution in [2.24, 2.45) is 0 Å². The number of rotatable bonds is 10. The van der Waals surface area contributed by atoms with E-state index in [0.717, 1.165) is 52.9 Å². The summed E-state index contributed by atoms with van der Waals surface area (Å²) in [6, 6.07) is 12.0. The predicted octanol–water partition coefficient (Wildman–Crippen LogP) is 3.55. The fourth-order valence-electron chi connectivity index (χ4n) is 4.58. The van der Waals surface area contributed by atoms with Crippen molar-refractivity contribution in [1.29, 1.82) is 0 Å². The molecule has 36 heavy (non-hydrogen) atoms. The summed E-state index contributed by atoms with van der Waals surface area (Å²) in [5.41, 5.74) is 3.00. The summed E-state index contributed by atoms with van der Waals surface area (Å²) >= 11 is 0. The molecule has 9 heteroatoms. The minimum Gasteiger partial charge on any atom is -0.497 e. The van der Waals surface area contributed by atoms with Gasteiger partial charge >= 0.3 is 0 Å². The van der Waals surface area contributed by atoms with E-state index in [4.69, 9.17) is 4.74 Å². The Hall–Kier alpha value is -3.07. The molecule has 3 rings (SSSR count). The van der Waals surface area contributed by atoms with E-state index in [1.54, 1.807) is 32.2 Å². The number of ether oxygens (including phenoxy) is 1. The summed E-state index contributed by atoms with van der Waals surface area (Å²) in [6.07, 6.45) is 5.10. The van der Waals surface area contributed by atoms with Gasteiger partial charge in [-0.15, -0.1) is 0 Å². The third kappa shape index (κ3) is 7.00. The average Bonchev–Trinajstić information content (AvgIpc) is 3.33. The van der Waals surface area contributed by atoms with E-state index >= 15 is 0 Å². The van der Waals surface area contributed by atoms with Crippen LogP contribution in [0, 0.1) is 13.8 Å². The van der Waals surface area contributed by atoms with Crippen molar-refractivity contribution in [3.05, 3.63) is 59.2 Å². The molecule has 2 amide bonds. The normalized spacial score (nSPS) is 14.8. The molecule has 0 heterocycles. The number of carbonyl (C=O) groups excluding carboxylic acids is 2. The summed E-state index contributed by atoms with van der Waals surface area (Å²) in [7, 11) is -2.18. The largest absolute Gasteiger partial charge is 0.497 e. The first-order valence-corrected chi connectivity index (χ1v) is 14.1. The van der Waals surface area contributed by atoms with Gasteiger partial charge in [0.15, 0.2) is 0 Å². The smallest absolute Gasteiger partial charge is 0.244 e. The van der Waals surface area contributed by atoms with E-state index in [1.165, 1.54) is 4.90 Å². The highest BCUT2D eigenvalue weighted by Crippen LogP contribution is 2.25. The summed E-state index contributed by atoms with van der Waals surface area (Å²) in [4.78, 5) is 28.3. The Kier molecular flexibility index (Phi) is 9.00. The number of sulfonamides is 1. The molecule has 1 unspecified atom stereocenters. The van der Waals surface area contributed by atoms with Crippen LogP contribution in [0.15, 0.2) is 42.5 Å². The van der Waals surface area contributed by atoms with Crippen LogP contribution in [0.3, 0.4) is 0 Å². The topological polar surface area (TPSA) is 96.0 Å². The first-order chi connectivity index (χ1) is 17.0. The van der Waals surface area contributed by atoms with Gasteiger partial charge in [-0.2, -0.15) is 0 Å². The van der Waals surface area contributed by atoms with Crippen LogP contribution in [0.4, 0.5) is 5.69 Å². The maximum atomic E-state index is 13.7. The standard InChI is InChI=1S/C27H37N3O5S/c1-19-10-15-25(20(2)16-19)30(36(5,33)34)18-26(31)29(17-22-11-13-24(35-4)14-12-22)21(3)27(32)28-23-8-6-7-9-23/h10-16,21,23H,6-9,17-18H2,1-5H3,(H,28,32). The molecule has 8 nitrogen and oxygen atoms in total. The summed E-state index contributed by atoms with van der Waals surface area (Å²) in [5, 5.41) is 3.06. The number of benzene rings is 2. The number of hydrogen-bond donors (Lipinski definition) is 1. The van der Waals surface area contributed by atoms with Crippen LogP contribution in [-0.4, -0.2) is 57.1 Å². The number of nitrogens with zero attached hydrogens (tertiary/aromatic N) is 2. The van der Waals surface area contributed by atoms with E-state index < -0.39 is 28.5 Å². The second-order valence-electron chi connectivity index (χ2n) is 9.60. The lowest BCUT2D eigenvalue weighted by Gasteiger charge is -2.32. The fourth-order valence-corrected chi connectivity index (χ4v) is 5.49. The van der Waals surface area contributed by atoms with Crippen molar-refractivity contribution >= 4 is 27.5 Å². The van der Waals surface area contributed by atoms with E-state index in [0.29, 0.717) is 11.4 Å². The Bertz CT molecular complexity index is 1170. The average molecular weight is 516 g/mol. The van der Waals surface area contributed by atoms with E-state index in [9.17, 15) is 18.0 Å². The van der Waals surface area contributed by atoms with Crippen molar-refractivity contribution in [3.8, 4) is 5.75 Å². The molecular formula is C27H37N3O5S. The second kappa shape index (κ2) is 11.8. The van der Waals surface area contributed by atoms with Crippen LogP contribution < -0.4 is 14.4 Å². The molecule has 1 fully saturated rings. The zero-order valence-electron chi connectivity index (χ0n) is 21.8. The summed E-state index contributed by atoms with van der Waals surface area (Å²) in [5.74, 6) is -0.00628. The molecule has 0 saturated heterocycles. The van der Waals surface area contributed by atoms with Crippen LogP contribution in [0.25, 0.3) is 0 Å². The van der Waals surface area contributed by atoms with Gasteiger partial charge in [0.1, 0.15) is 18.3 Å². The minimum absolute atomic E-state index is 0.112. The van der Waals surface area contributed by atoms with Gasteiger partial charge in [0, 0.05) is 12.6 Å². The maximum absolute atomic E-state index is 13.7. The quantitative estimate of drug-likeness (QED) is 0.522. The van der Waals surface area contributed by atoms with Gasteiger partial charge in [-0.1, -0.05) is 42.7 Å². The molecule has 1 saturated carbocycles. The van der Waals surface area contributed by atoms with Gasteiger partial charge in [0.2, 0.25) is 21.8 Å². The van der Waals surface area contributed by atoms with Gasteiger partial charge in [-0.25, -0.2) is 8.42 Å². The van der Waals surface area contributed by atoms with Crippen molar-refractivity contribution < 1.29 is 22.7 Å². The Morgan fingerprint density at radius 2 is 1.72 bits per heavy atom. The molecule has 1 N–H and O–H groups in total. The lowest BCUT2D eigenvalue weighted by Crippen LogP contribution is -2.52. The number of hydrogen-bond acceptors (Lipinski definition) is 5. The van der Waals surface area contributed by atoms with E-state index in [1.807, 2.05) is 38.1 Å². The molecule has 0 aromatic heterocycles. The van der Waals surface area contributed by atoms with Crippen LogP contribution in [-0.2, 0) is 26.2 Å². The number of anilines is 1. The van der Waals surface area contributed by atoms with Crippen molar-refractivity contribution in [3.63, 3.8) is 0 Å². The molecule has 2 aromatic rings. The van der Waals surface area contributed by atoms with E-state index in [-0.39, 0.29) is 18.5 Å². The van der Waals surface area contributed by atoms with Crippen molar-refractivity contribution in [2.75, 3.05) is 24.2 Å². The lowest BCUT2D eigenvalue weighted by molar-refractivity contribution is -0.139. The zero-order valence-corrected chi connectivity index (χ0v) is 22.6. The van der Waals surface area contributed by atoms with Crippen LogP contribution >= 0.6 is 0 Å². The molecule has 1 aliphatic rings. The van der Waals surface area contributed by atoms with Crippen LogP contribution in [0.5, 0.6) is 5.75 Å². The minimum atomic E-state index is -3.76. The fraction of sp³-hybridized carbons (Fsp3) is 0.481. The highest BCUT2D eigenvalue weighted by molar-refractivity contribution is 7.92. The second-order valence-corrected chi connectivity index (χ2v) is 11.5. The Labute approximate surface area is 214 Å². The molecule has 0 aliphatic heterocycles. The van der Waals surface area contributed by atoms with E-state index in [2.05, 4.69) is 5.32 Å². The molecular weight excluding hydrogens is 478 g/mol. The highest BCUT2D eigenvalue weighted by atomic mass is 32.2. The van der Waals surface area contributed by atoms with Crippen LogP contribution in [0.1, 0.15) is 49.3 Å². The molecule has 1 atom stereocenters. The zero-order chi connectivity index (χ0) is 26.5. The third-order valence-corrected chi connectivity index (χ3v) is 7.81. The number of aryl methyl sites for hydroxylation is 2. The predicted molar refractivity (Wildman–Crippen MR) is 142 cm³/mol. The molecule has 0 radical (unpaired) electrons. The number of carbonyl (C=O) groups is 2. The number of nitrogens with one attached hydrogen (secondary N) is 1. The van der Waals surface area contributed by atoms with Crippen molar-refractivity contribution in [2.45, 2.75) is 65.1 Å². The first-order valence-electron chi connectivity index (χ1n) is 12.3. The monoisotopic (exact) mass is 515 g/mol. The van der Waals surface area contributed by atoms with Gasteiger partial charge in [-0.05, 0) is 62.9 Å². The van der Waals surface area contributed by atoms with Crippen molar-refractivity contribution in [1.82, 2.24) is 10.2 Å². The summed E-state index contributed by atoms with van der Waals surface area (Å²) in [6.45, 7) is 5.19. The lowest BCUT2D eigenvalue weighted by atomic mass is 10.1. The molecule has 2 aromatic carbocycles. The van der Waals surface area contributed by atoms with Gasteiger partial charge in [0.05, 0.1) is 19.1 Å². The number of methoxy groups -OCH3 is 1. The van der Waals surface area contributed by atoms with Crippen LogP contribution in [0.2, 0.25) is 0 Å². The van der Waals surface area contributed by atoms with Gasteiger partial charge in [-0.3, -0.25) is 13.9 Å². The Morgan fingerprint density at radius 1 is 1.08 bits per heavy atom. The van der Waals surface area contributed by atoms with Gasteiger partial charge in [0.25, 0.3) is 0 Å². The number of amides is 2. The molecule has 0 spiro atoms. The Balaban J connectivity index is 1.89. The molecule has 1 aliphatic carbocycles. The molecule has 196 valence electrons. The SMILES string of the molecule is COc1ccc(CN(C(=O)CN(c2ccc(C)cc2C)S(C)(=O)=O)C(C)C(=O)NC2CCCC2)cc1. The first kappa shape index (κ1) is 27.5. The summed E-state index contributed by atoms with van der Waals surface area (Å²) < 4.78 is 31.8.